The predicted molar refractivity (Wildman–Crippen MR) is 399 cm³/mol. The molecule has 0 unspecified atom stereocenters. The van der Waals surface area contributed by atoms with Crippen molar-refractivity contribution in [3.8, 4) is 0 Å². The Labute approximate surface area is 620 Å². The molecule has 3 aliphatic carbocycles. The summed E-state index contributed by atoms with van der Waals surface area (Å²) in [6.07, 6.45) is 14.4. The van der Waals surface area contributed by atoms with Crippen LogP contribution in [0.3, 0.4) is 0 Å². The van der Waals surface area contributed by atoms with Crippen LogP contribution in [0.15, 0.2) is 51.2 Å². The fourth-order valence-corrected chi connectivity index (χ4v) is 14.6. The van der Waals surface area contributed by atoms with Gasteiger partial charge in [-0.3, -0.25) is 66.9 Å². The van der Waals surface area contributed by atoms with Gasteiger partial charge in [0.05, 0.1) is 47.8 Å². The van der Waals surface area contributed by atoms with Crippen molar-refractivity contribution in [2.75, 3.05) is 43.4 Å². The first-order chi connectivity index (χ1) is 51.3. The number of fused-ring (bicyclic) bond motifs is 1. The van der Waals surface area contributed by atoms with Crippen molar-refractivity contribution in [3.63, 3.8) is 0 Å². The third kappa shape index (κ3) is 28.1. The Bertz CT molecular complexity index is 3840. The van der Waals surface area contributed by atoms with Crippen LogP contribution < -0.4 is 111 Å². The summed E-state index contributed by atoms with van der Waals surface area (Å²) in [6.45, 7) is 0.372. The molecule has 107 heavy (non-hydrogen) atoms. The minimum Gasteiger partial charge on any atom is -0.383 e. The van der Waals surface area contributed by atoms with Crippen molar-refractivity contribution in [1.29, 1.82) is 0 Å². The second kappa shape index (κ2) is 43.1. The van der Waals surface area contributed by atoms with E-state index in [1.54, 1.807) is 10.8 Å². The van der Waals surface area contributed by atoms with Gasteiger partial charge in [-0.15, -0.1) is 0 Å². The van der Waals surface area contributed by atoms with Crippen LogP contribution in [0.2, 0.25) is 0 Å². The van der Waals surface area contributed by atoms with E-state index in [-0.39, 0.29) is 93.3 Å². The molecule has 12 atom stereocenters. The quantitative estimate of drug-likeness (QED) is 0.0198. The highest BCUT2D eigenvalue weighted by Gasteiger charge is 2.38. The van der Waals surface area contributed by atoms with Crippen LogP contribution in [0.4, 0.5) is 17.6 Å². The number of unbranched alkanes of at least 4 members (excludes halogenated alkanes) is 3. The number of hydrogen-bond donors (Lipinski definition) is 18. The van der Waals surface area contributed by atoms with Crippen molar-refractivity contribution in [3.05, 3.63) is 68.1 Å². The fourth-order valence-electron chi connectivity index (χ4n) is 14.6. The third-order valence-corrected chi connectivity index (χ3v) is 19.9. The molecular formula is C70H112N24O13. The molecule has 37 nitrogen and oxygen atoms in total. The number of carbonyl (C=O) groups is 10. The SMILES string of the molecule is NCCCC[C@@H](N)CC(=O)N[C@@H](CC(=O)N[C@@H]1CCCC[C@H]1C(=O)N[C@H](CCCCN)CC(=O)N[C@@H](CC(=O)N[C@@H]1CCCC[C@H]1C(=O)N[C@H](CCCCN)CC(=O)N[C@@H](CC(=O)N[C@@H]1CCCC[C@H]1C(=O)NCC(N)=O)Cn1ccc(N)nc1=O)Cn1ccc2c(=O)[nH]c(N)nc21)Cn1ccc(N)nc1=O. The van der Waals surface area contributed by atoms with E-state index in [0.717, 1.165) is 19.3 Å². The summed E-state index contributed by atoms with van der Waals surface area (Å²) in [7, 11) is 0. The van der Waals surface area contributed by atoms with Gasteiger partial charge in [-0.2, -0.15) is 15.0 Å². The standard InChI is InChI=1S/C70H112N24O13/c71-25-10-7-13-41(74)31-57(96)80-45(39-93-29-23-54(75)88-69(93)106)35-62(101)87-53-21-6-3-18-49(53)66(104)83-42(14-8-11-26-72)32-58(97)81-44(38-92-28-22-50-63(92)90-68(78)91-67(50)105)34-60(99)86-52-20-5-2-17-48(52)65(103)84-43(15-9-12-27-73)33-59(98)82-46(40-94-30-24-55(76)89-70(94)107)36-61(100)85-51-19-4-1-16-47(51)64(102)79-37-56(77)95/h22-24,28-30,41-49,51-53H,1-21,25-27,31-40,71-74H2,(H2,77,95)(H,79,102)(H,80,96)(H,81,97)(H,82,98)(H,83,104)(H,84,103)(H,85,100)(H,86,99)(H,87,101)(H2,75,88,106)(H2,76,89,107)(H3,78,90,91,105)/t41-,42-,43-,44+,45+,46+,47-,48-,49-,51-,52-,53-/m1/s1. The molecule has 10 amide bonds. The molecule has 4 heterocycles. The van der Waals surface area contributed by atoms with Crippen LogP contribution in [0.25, 0.3) is 11.0 Å². The molecule has 0 spiro atoms. The van der Waals surface area contributed by atoms with E-state index >= 15 is 0 Å². The largest absolute Gasteiger partial charge is 0.383 e. The van der Waals surface area contributed by atoms with Crippen LogP contribution in [-0.2, 0) is 67.6 Å². The van der Waals surface area contributed by atoms with Crippen LogP contribution in [0.5, 0.6) is 0 Å². The second-order valence-corrected chi connectivity index (χ2v) is 28.7. The third-order valence-electron chi connectivity index (χ3n) is 19.9. The number of aromatic nitrogens is 7. The molecule has 0 saturated heterocycles. The molecule has 0 bridgehead atoms. The topological polar surface area (TPSA) is 608 Å². The van der Waals surface area contributed by atoms with Crippen molar-refractivity contribution >= 4 is 87.7 Å². The molecule has 4 aromatic heterocycles. The average Bonchev–Trinajstić information content (AvgIpc) is 1.67. The molecule has 3 fully saturated rings. The van der Waals surface area contributed by atoms with Crippen molar-refractivity contribution in [1.82, 2.24) is 81.5 Å². The number of rotatable bonds is 43. The van der Waals surface area contributed by atoms with Gasteiger partial charge in [0.1, 0.15) is 17.3 Å². The van der Waals surface area contributed by atoms with E-state index in [4.69, 9.17) is 45.9 Å². The normalized spacial score (nSPS) is 19.6. The van der Waals surface area contributed by atoms with Gasteiger partial charge < -0.3 is 98.3 Å². The minimum atomic E-state index is -1.01. The number of anilines is 3. The van der Waals surface area contributed by atoms with Gasteiger partial charge in [0.15, 0.2) is 0 Å². The lowest BCUT2D eigenvalue weighted by Crippen LogP contribution is -2.53. The average molecular weight is 1500 g/mol. The summed E-state index contributed by atoms with van der Waals surface area (Å²) in [5.41, 5.74) is 44.8. The number of primary amides is 1. The first-order valence-corrected chi connectivity index (χ1v) is 37.6. The van der Waals surface area contributed by atoms with Gasteiger partial charge in [-0.1, -0.05) is 57.8 Å². The predicted octanol–water partition coefficient (Wildman–Crippen LogP) is -2.91. The highest BCUT2D eigenvalue weighted by molar-refractivity contribution is 5.88. The number of nitrogens with zero attached hydrogens (tertiary/aromatic N) is 6. The van der Waals surface area contributed by atoms with E-state index < -0.39 is 148 Å². The summed E-state index contributed by atoms with van der Waals surface area (Å²) in [4.78, 5) is 192. The number of nitrogen functional groups attached to an aromatic ring is 3. The molecule has 3 saturated carbocycles. The van der Waals surface area contributed by atoms with Crippen molar-refractivity contribution in [2.24, 2.45) is 46.4 Å². The molecule has 590 valence electrons. The summed E-state index contributed by atoms with van der Waals surface area (Å²) in [6, 6.07) is -2.46. The first kappa shape index (κ1) is 84.4. The summed E-state index contributed by atoms with van der Waals surface area (Å²) >= 11 is 0. The summed E-state index contributed by atoms with van der Waals surface area (Å²) < 4.78 is 4.01. The monoisotopic (exact) mass is 1500 g/mol. The maximum atomic E-state index is 14.7. The molecule has 26 N–H and O–H groups in total. The zero-order valence-electron chi connectivity index (χ0n) is 61.0. The Morgan fingerprint density at radius 1 is 0.449 bits per heavy atom. The van der Waals surface area contributed by atoms with Gasteiger partial charge in [-0.25, -0.2) is 9.59 Å². The first-order valence-electron chi connectivity index (χ1n) is 37.6. The molecular weight excluding hydrogens is 1380 g/mol. The highest BCUT2D eigenvalue weighted by atomic mass is 16.2. The molecule has 0 radical (unpaired) electrons. The number of aromatic amines is 1. The maximum absolute atomic E-state index is 14.7. The number of H-pyrrole nitrogens is 1. The number of amides is 10. The maximum Gasteiger partial charge on any atom is 0.349 e. The number of nitrogens with one attached hydrogen (secondary N) is 10. The van der Waals surface area contributed by atoms with Gasteiger partial charge in [0.25, 0.3) is 5.56 Å². The van der Waals surface area contributed by atoms with Crippen molar-refractivity contribution < 1.29 is 47.9 Å². The molecule has 0 aliphatic heterocycles. The summed E-state index contributed by atoms with van der Waals surface area (Å²) in [5.74, 6) is -7.42. The van der Waals surface area contributed by atoms with Gasteiger partial charge in [0, 0.05) is 113 Å². The van der Waals surface area contributed by atoms with Gasteiger partial charge >= 0.3 is 11.4 Å². The highest BCUT2D eigenvalue weighted by Crippen LogP contribution is 2.29. The molecule has 0 aromatic carbocycles. The van der Waals surface area contributed by atoms with E-state index in [0.29, 0.717) is 135 Å². The lowest BCUT2D eigenvalue weighted by Gasteiger charge is -2.33. The minimum absolute atomic E-state index is 0.00164. The molecule has 4 aromatic rings. The summed E-state index contributed by atoms with van der Waals surface area (Å²) in [5, 5.41) is 26.7. The van der Waals surface area contributed by atoms with E-state index in [2.05, 4.69) is 67.8 Å². The van der Waals surface area contributed by atoms with Gasteiger partial charge in [-0.05, 0) is 115 Å². The Balaban J connectivity index is 1.03. The smallest absolute Gasteiger partial charge is 0.349 e. The fraction of sp³-hybridized carbons (Fsp3) is 0.657. The Hall–Kier alpha value is -9.88. The molecule has 3 aliphatic rings. The lowest BCUT2D eigenvalue weighted by molar-refractivity contribution is -0.131. The zero-order chi connectivity index (χ0) is 77.5. The Morgan fingerprint density at radius 3 is 1.23 bits per heavy atom. The second-order valence-electron chi connectivity index (χ2n) is 28.7. The van der Waals surface area contributed by atoms with Crippen molar-refractivity contribution in [2.45, 2.75) is 247 Å². The number of hydrogen-bond acceptors (Lipinski definition) is 23. The van der Waals surface area contributed by atoms with E-state index in [1.807, 2.05) is 0 Å². The molecule has 7 rings (SSSR count). The van der Waals surface area contributed by atoms with E-state index in [1.165, 1.54) is 39.7 Å². The molecule has 37 heteroatoms. The number of carbonyl (C=O) groups excluding carboxylic acids is 10. The zero-order valence-corrected chi connectivity index (χ0v) is 61.0. The van der Waals surface area contributed by atoms with Crippen LogP contribution in [-0.4, -0.2) is 173 Å². The van der Waals surface area contributed by atoms with Crippen LogP contribution in [0.1, 0.15) is 173 Å². The van der Waals surface area contributed by atoms with Crippen LogP contribution >= 0.6 is 0 Å². The Morgan fingerprint density at radius 2 is 0.822 bits per heavy atom. The number of nitrogens with two attached hydrogens (primary N) is 8. The van der Waals surface area contributed by atoms with Gasteiger partial charge in [0.2, 0.25) is 65.0 Å². The van der Waals surface area contributed by atoms with E-state index in [9.17, 15) is 62.3 Å². The Kier molecular flexibility index (Phi) is 34.0. The van der Waals surface area contributed by atoms with Crippen LogP contribution in [0, 0.1) is 17.8 Å². The lowest BCUT2D eigenvalue weighted by atomic mass is 9.83.